The smallest absolute Gasteiger partial charge is 0.0622 e. The van der Waals surface area contributed by atoms with Crippen LogP contribution in [0.4, 0.5) is 0 Å². The molecule has 0 N–H and O–H groups in total. The molecule has 0 atom stereocenters. The first-order chi connectivity index (χ1) is 4.88. The van der Waals surface area contributed by atoms with Crippen molar-refractivity contribution in [1.29, 1.82) is 0 Å². The Morgan fingerprint density at radius 2 is 2.30 bits per heavy atom. The fraction of sp³-hybridized carbons (Fsp3) is 0. The van der Waals surface area contributed by atoms with Gasteiger partial charge >= 0.3 is 0 Å². The number of pyridine rings is 1. The van der Waals surface area contributed by atoms with Gasteiger partial charge in [0.05, 0.1) is 21.7 Å². The molecule has 50 valence electrons. The second-order valence-electron chi connectivity index (χ2n) is 2.06. The Kier molecular flexibility index (Phi) is 1.24. The summed E-state index contributed by atoms with van der Waals surface area (Å²) in [5.74, 6) is 0. The van der Waals surface area contributed by atoms with Gasteiger partial charge in [0.15, 0.2) is 0 Å². The maximum Gasteiger partial charge on any atom is 0.0622 e. The summed E-state index contributed by atoms with van der Waals surface area (Å²) in [5.41, 5.74) is 1.15. The van der Waals surface area contributed by atoms with Gasteiger partial charge in [-0.1, -0.05) is 0 Å². The van der Waals surface area contributed by atoms with Crippen LogP contribution in [0.15, 0.2) is 30.7 Å². The summed E-state index contributed by atoms with van der Waals surface area (Å²) >= 11 is 3.36. The van der Waals surface area contributed by atoms with Gasteiger partial charge in [-0.25, -0.2) is 0 Å². The molecule has 0 spiro atoms. The molecule has 0 aliphatic carbocycles. The minimum absolute atomic E-state index is 1.15. The van der Waals surface area contributed by atoms with Crippen molar-refractivity contribution in [3.8, 4) is 0 Å². The fourth-order valence-corrected chi connectivity index (χ4v) is 1.39. The normalized spacial score (nSPS) is 10.5. The Morgan fingerprint density at radius 1 is 1.40 bits per heavy atom. The number of aromatic nitrogens is 2. The van der Waals surface area contributed by atoms with Crippen molar-refractivity contribution in [2.24, 2.45) is 0 Å². The first-order valence-corrected chi connectivity index (χ1v) is 3.66. The Balaban J connectivity index is 2.93. The maximum absolute atomic E-state index is 3.99. The molecule has 0 fully saturated rings. The summed E-state index contributed by atoms with van der Waals surface area (Å²) in [5, 5.41) is 1.15. The van der Waals surface area contributed by atoms with E-state index < -0.39 is 0 Å². The number of halogens is 1. The van der Waals surface area contributed by atoms with Gasteiger partial charge in [-0.3, -0.25) is 8.58 Å². The summed E-state index contributed by atoms with van der Waals surface area (Å²) in [7, 11) is 0. The summed E-state index contributed by atoms with van der Waals surface area (Å²) in [6, 6.07) is 3.97. The average molecular weight is 197 g/mol. The van der Waals surface area contributed by atoms with Crippen LogP contribution in [0.2, 0.25) is 0 Å². The highest BCUT2D eigenvalue weighted by Gasteiger charge is 1.94. The van der Waals surface area contributed by atoms with E-state index in [4.69, 9.17) is 0 Å². The first kappa shape index (κ1) is 5.92. The van der Waals surface area contributed by atoms with Crippen molar-refractivity contribution < 1.29 is 0 Å². The third kappa shape index (κ3) is 0.743. The molecule has 0 saturated carbocycles. The molecule has 0 aliphatic rings. The SMILES string of the molecule is Brn1ccc2cnccc21. The van der Waals surface area contributed by atoms with Crippen molar-refractivity contribution in [1.82, 2.24) is 8.58 Å². The molecular weight excluding hydrogens is 192 g/mol. The first-order valence-electron chi connectivity index (χ1n) is 2.95. The van der Waals surface area contributed by atoms with Gasteiger partial charge in [0.1, 0.15) is 0 Å². The van der Waals surface area contributed by atoms with Gasteiger partial charge in [-0.05, 0) is 12.1 Å². The van der Waals surface area contributed by atoms with Crippen LogP contribution in [0, 0.1) is 0 Å². The van der Waals surface area contributed by atoms with Crippen molar-refractivity contribution >= 4 is 27.1 Å². The van der Waals surface area contributed by atoms with Gasteiger partial charge in [0.2, 0.25) is 0 Å². The van der Waals surface area contributed by atoms with E-state index in [2.05, 4.69) is 21.1 Å². The third-order valence-electron chi connectivity index (χ3n) is 1.44. The number of hydrogen-bond acceptors (Lipinski definition) is 1. The molecule has 2 aromatic heterocycles. The molecule has 10 heavy (non-hydrogen) atoms. The van der Waals surface area contributed by atoms with Crippen LogP contribution >= 0.6 is 16.1 Å². The highest BCUT2D eigenvalue weighted by Crippen LogP contribution is 2.14. The quantitative estimate of drug-likeness (QED) is 0.632. The van der Waals surface area contributed by atoms with Gasteiger partial charge in [-0.2, -0.15) is 0 Å². The lowest BCUT2D eigenvalue weighted by atomic mass is 10.3. The van der Waals surface area contributed by atoms with Crippen LogP contribution in [-0.2, 0) is 0 Å². The van der Waals surface area contributed by atoms with Crippen molar-refractivity contribution in [3.63, 3.8) is 0 Å². The highest BCUT2D eigenvalue weighted by molar-refractivity contribution is 9.08. The largest absolute Gasteiger partial charge is 0.284 e. The zero-order chi connectivity index (χ0) is 6.97. The minimum Gasteiger partial charge on any atom is -0.284 e. The number of nitrogens with zero attached hydrogens (tertiary/aromatic N) is 2. The third-order valence-corrected chi connectivity index (χ3v) is 2.06. The zero-order valence-electron chi connectivity index (χ0n) is 5.16. The second-order valence-corrected chi connectivity index (χ2v) is 2.83. The molecule has 0 radical (unpaired) electrons. The van der Waals surface area contributed by atoms with E-state index in [1.54, 1.807) is 6.20 Å². The Morgan fingerprint density at radius 3 is 3.10 bits per heavy atom. The van der Waals surface area contributed by atoms with Gasteiger partial charge in [0, 0.05) is 24.0 Å². The summed E-state index contributed by atoms with van der Waals surface area (Å²) in [4.78, 5) is 3.99. The highest BCUT2D eigenvalue weighted by atomic mass is 79.9. The Labute approximate surface area is 66.8 Å². The van der Waals surface area contributed by atoms with Crippen molar-refractivity contribution in [2.75, 3.05) is 0 Å². The molecule has 0 aromatic carbocycles. The second kappa shape index (κ2) is 2.09. The van der Waals surface area contributed by atoms with E-state index in [1.807, 2.05) is 28.1 Å². The van der Waals surface area contributed by atoms with E-state index >= 15 is 0 Å². The lowest BCUT2D eigenvalue weighted by Gasteiger charge is -1.89. The average Bonchev–Trinajstić information content (AvgIpc) is 2.34. The molecule has 0 amide bonds. The monoisotopic (exact) mass is 196 g/mol. The molecule has 0 aliphatic heterocycles. The van der Waals surface area contributed by atoms with Crippen LogP contribution in [0.25, 0.3) is 10.9 Å². The summed E-state index contributed by atoms with van der Waals surface area (Å²) in [6.07, 6.45) is 5.57. The fourth-order valence-electron chi connectivity index (χ4n) is 0.948. The maximum atomic E-state index is 3.99. The van der Waals surface area contributed by atoms with Crippen LogP contribution in [-0.4, -0.2) is 8.58 Å². The molecule has 0 unspecified atom stereocenters. The molecule has 2 aromatic rings. The summed E-state index contributed by atoms with van der Waals surface area (Å²) in [6.45, 7) is 0. The van der Waals surface area contributed by atoms with Gasteiger partial charge < -0.3 is 0 Å². The molecule has 2 heterocycles. The van der Waals surface area contributed by atoms with Crippen LogP contribution in [0.5, 0.6) is 0 Å². The van der Waals surface area contributed by atoms with Gasteiger partial charge in [-0.15, -0.1) is 0 Å². The lowest BCUT2D eigenvalue weighted by Crippen LogP contribution is -1.74. The predicted octanol–water partition coefficient (Wildman–Crippen LogP) is 2.19. The number of hydrogen-bond donors (Lipinski definition) is 0. The van der Waals surface area contributed by atoms with Crippen molar-refractivity contribution in [2.45, 2.75) is 0 Å². The summed E-state index contributed by atoms with van der Waals surface area (Å²) < 4.78 is 1.89. The Hall–Kier alpha value is -0.830. The standard InChI is InChI=1S/C7H5BrN2/c8-10-4-2-6-5-9-3-1-7(6)10/h1-5H. The van der Waals surface area contributed by atoms with Crippen LogP contribution < -0.4 is 0 Å². The molecular formula is C7H5BrN2. The topological polar surface area (TPSA) is 17.8 Å². The molecule has 0 saturated heterocycles. The Bertz CT molecular complexity index is 353. The van der Waals surface area contributed by atoms with E-state index in [9.17, 15) is 0 Å². The van der Waals surface area contributed by atoms with E-state index in [0.29, 0.717) is 0 Å². The van der Waals surface area contributed by atoms with E-state index in [-0.39, 0.29) is 0 Å². The van der Waals surface area contributed by atoms with Crippen LogP contribution in [0.3, 0.4) is 0 Å². The van der Waals surface area contributed by atoms with Crippen LogP contribution in [0.1, 0.15) is 0 Å². The lowest BCUT2D eigenvalue weighted by molar-refractivity contribution is 1.34. The molecule has 2 rings (SSSR count). The number of fused-ring (bicyclic) bond motifs is 1. The predicted molar refractivity (Wildman–Crippen MR) is 44.1 cm³/mol. The molecule has 0 bridgehead atoms. The van der Waals surface area contributed by atoms with E-state index in [0.717, 1.165) is 10.9 Å². The molecule has 3 heteroatoms. The number of rotatable bonds is 0. The van der Waals surface area contributed by atoms with E-state index in [1.165, 1.54) is 0 Å². The zero-order valence-corrected chi connectivity index (χ0v) is 6.75. The molecule has 2 nitrogen and oxygen atoms in total. The minimum atomic E-state index is 1.15. The van der Waals surface area contributed by atoms with Crippen molar-refractivity contribution in [3.05, 3.63) is 30.7 Å². The van der Waals surface area contributed by atoms with Gasteiger partial charge in [0.25, 0.3) is 0 Å².